The van der Waals surface area contributed by atoms with E-state index in [-0.39, 0.29) is 5.92 Å². The molecular formula is C13H25N5O. The van der Waals surface area contributed by atoms with Crippen LogP contribution in [-0.2, 0) is 0 Å². The number of ether oxygens (including phenoxy) is 1. The van der Waals surface area contributed by atoms with Crippen molar-refractivity contribution in [2.45, 2.75) is 33.6 Å². The van der Waals surface area contributed by atoms with Crippen LogP contribution in [0.15, 0.2) is 6.07 Å². The zero-order chi connectivity index (χ0) is 14.3. The molecule has 0 aliphatic carbocycles. The fourth-order valence-corrected chi connectivity index (χ4v) is 1.67. The van der Waals surface area contributed by atoms with Crippen LogP contribution in [0.2, 0.25) is 0 Å². The second-order valence-corrected chi connectivity index (χ2v) is 4.62. The molecular weight excluding hydrogens is 242 g/mol. The third kappa shape index (κ3) is 5.00. The molecule has 0 radical (unpaired) electrons. The van der Waals surface area contributed by atoms with Crippen LogP contribution < -0.4 is 16.0 Å². The fraction of sp³-hybridized carbons (Fsp3) is 0.692. The highest BCUT2D eigenvalue weighted by atomic mass is 16.5. The lowest BCUT2D eigenvalue weighted by Gasteiger charge is -2.18. The number of rotatable bonds is 8. The molecule has 0 bridgehead atoms. The van der Waals surface area contributed by atoms with E-state index >= 15 is 0 Å². The monoisotopic (exact) mass is 267 g/mol. The molecule has 6 heteroatoms. The summed E-state index contributed by atoms with van der Waals surface area (Å²) in [6.07, 6.45) is 0. The predicted molar refractivity (Wildman–Crippen MR) is 77.2 cm³/mol. The van der Waals surface area contributed by atoms with Crippen molar-refractivity contribution in [3.8, 4) is 5.88 Å². The highest BCUT2D eigenvalue weighted by Crippen LogP contribution is 2.17. The quantitative estimate of drug-likeness (QED) is 0.550. The standard InChI is InChI=1S/C13H25N5O/c1-5-18(6-2)7-8-19-12-9-11(17-14)15-13(16-12)10(3)4/h9-10H,5-8,14H2,1-4H3,(H,15,16,17). The number of hydrogen-bond acceptors (Lipinski definition) is 6. The van der Waals surface area contributed by atoms with Crippen LogP contribution in [0.5, 0.6) is 5.88 Å². The zero-order valence-corrected chi connectivity index (χ0v) is 12.3. The summed E-state index contributed by atoms with van der Waals surface area (Å²) < 4.78 is 5.69. The minimum Gasteiger partial charge on any atom is -0.476 e. The molecule has 6 nitrogen and oxygen atoms in total. The molecule has 19 heavy (non-hydrogen) atoms. The third-order valence-electron chi connectivity index (χ3n) is 2.94. The molecule has 1 rings (SSSR count). The first-order chi connectivity index (χ1) is 9.10. The summed E-state index contributed by atoms with van der Waals surface area (Å²) >= 11 is 0. The number of aromatic nitrogens is 2. The first-order valence-electron chi connectivity index (χ1n) is 6.81. The Bertz CT molecular complexity index is 379. The van der Waals surface area contributed by atoms with Gasteiger partial charge in [-0.1, -0.05) is 27.7 Å². The molecule has 1 aromatic rings. The van der Waals surface area contributed by atoms with Crippen LogP contribution in [0.4, 0.5) is 5.82 Å². The van der Waals surface area contributed by atoms with Crippen LogP contribution in [0.25, 0.3) is 0 Å². The van der Waals surface area contributed by atoms with Crippen molar-refractivity contribution in [2.75, 3.05) is 31.7 Å². The van der Waals surface area contributed by atoms with E-state index in [1.54, 1.807) is 6.07 Å². The zero-order valence-electron chi connectivity index (χ0n) is 12.3. The Kier molecular flexibility index (Phi) is 6.52. The van der Waals surface area contributed by atoms with Crippen molar-refractivity contribution in [1.82, 2.24) is 14.9 Å². The second-order valence-electron chi connectivity index (χ2n) is 4.62. The molecule has 3 N–H and O–H groups in total. The second kappa shape index (κ2) is 7.91. The molecule has 1 heterocycles. The number of nitrogens with one attached hydrogen (secondary N) is 1. The van der Waals surface area contributed by atoms with Crippen LogP contribution >= 0.6 is 0 Å². The van der Waals surface area contributed by atoms with E-state index < -0.39 is 0 Å². The molecule has 1 aromatic heterocycles. The van der Waals surface area contributed by atoms with Gasteiger partial charge in [-0.2, -0.15) is 4.98 Å². The molecule has 0 atom stereocenters. The summed E-state index contributed by atoms with van der Waals surface area (Å²) in [5.74, 6) is 7.52. The lowest BCUT2D eigenvalue weighted by molar-refractivity contribution is 0.217. The van der Waals surface area contributed by atoms with Crippen molar-refractivity contribution in [3.63, 3.8) is 0 Å². The van der Waals surface area contributed by atoms with Crippen molar-refractivity contribution in [2.24, 2.45) is 5.84 Å². The van der Waals surface area contributed by atoms with Gasteiger partial charge in [-0.25, -0.2) is 10.8 Å². The smallest absolute Gasteiger partial charge is 0.218 e. The largest absolute Gasteiger partial charge is 0.476 e. The van der Waals surface area contributed by atoms with E-state index in [0.29, 0.717) is 18.3 Å². The van der Waals surface area contributed by atoms with E-state index in [2.05, 4.69) is 34.1 Å². The molecule has 0 unspecified atom stereocenters. The van der Waals surface area contributed by atoms with Gasteiger partial charge < -0.3 is 15.1 Å². The van der Waals surface area contributed by atoms with E-state index in [0.717, 1.165) is 25.5 Å². The number of nitrogens with two attached hydrogens (primary N) is 1. The van der Waals surface area contributed by atoms with E-state index in [4.69, 9.17) is 10.6 Å². The number of anilines is 1. The Morgan fingerprint density at radius 2 is 2.00 bits per heavy atom. The van der Waals surface area contributed by atoms with Gasteiger partial charge in [0.25, 0.3) is 0 Å². The summed E-state index contributed by atoms with van der Waals surface area (Å²) in [6.45, 7) is 11.9. The Balaban J connectivity index is 2.64. The van der Waals surface area contributed by atoms with Gasteiger partial charge in [0, 0.05) is 18.5 Å². The van der Waals surface area contributed by atoms with Gasteiger partial charge in [0.15, 0.2) is 0 Å². The van der Waals surface area contributed by atoms with Gasteiger partial charge in [-0.15, -0.1) is 0 Å². The van der Waals surface area contributed by atoms with E-state index in [1.165, 1.54) is 0 Å². The highest BCUT2D eigenvalue weighted by Gasteiger charge is 2.08. The third-order valence-corrected chi connectivity index (χ3v) is 2.94. The van der Waals surface area contributed by atoms with Crippen molar-refractivity contribution in [1.29, 1.82) is 0 Å². The van der Waals surface area contributed by atoms with E-state index in [9.17, 15) is 0 Å². The van der Waals surface area contributed by atoms with Crippen molar-refractivity contribution in [3.05, 3.63) is 11.9 Å². The maximum atomic E-state index is 5.69. The van der Waals surface area contributed by atoms with Gasteiger partial charge >= 0.3 is 0 Å². The Labute approximate surface area is 115 Å². The Hall–Kier alpha value is -1.40. The molecule has 108 valence electrons. The first-order valence-corrected chi connectivity index (χ1v) is 6.81. The molecule has 0 aliphatic heterocycles. The van der Waals surface area contributed by atoms with Crippen LogP contribution in [0.3, 0.4) is 0 Å². The summed E-state index contributed by atoms with van der Waals surface area (Å²) in [4.78, 5) is 11.0. The first kappa shape index (κ1) is 15.7. The summed E-state index contributed by atoms with van der Waals surface area (Å²) in [5, 5.41) is 0. The predicted octanol–water partition coefficient (Wildman–Crippen LogP) is 1.61. The summed E-state index contributed by atoms with van der Waals surface area (Å²) in [7, 11) is 0. The van der Waals surface area contributed by atoms with E-state index in [1.807, 2.05) is 13.8 Å². The number of nitrogens with zero attached hydrogens (tertiary/aromatic N) is 3. The Morgan fingerprint density at radius 1 is 1.32 bits per heavy atom. The maximum absolute atomic E-state index is 5.69. The lowest BCUT2D eigenvalue weighted by atomic mass is 10.2. The van der Waals surface area contributed by atoms with Gasteiger partial charge in [0.1, 0.15) is 18.2 Å². The summed E-state index contributed by atoms with van der Waals surface area (Å²) in [5.41, 5.74) is 2.54. The highest BCUT2D eigenvalue weighted by molar-refractivity contribution is 5.37. The van der Waals surface area contributed by atoms with Crippen LogP contribution in [0.1, 0.15) is 39.4 Å². The van der Waals surface area contributed by atoms with Crippen LogP contribution in [-0.4, -0.2) is 41.1 Å². The SMILES string of the molecule is CCN(CC)CCOc1cc(NN)nc(C(C)C)n1. The number of likely N-dealkylation sites (N-methyl/N-ethyl adjacent to an activating group) is 1. The van der Waals surface area contributed by atoms with Gasteiger partial charge in [0.2, 0.25) is 5.88 Å². The minimum absolute atomic E-state index is 0.235. The normalized spacial score (nSPS) is 11.1. The molecule has 0 saturated carbocycles. The molecule has 0 amide bonds. The molecule has 0 aliphatic rings. The summed E-state index contributed by atoms with van der Waals surface area (Å²) in [6, 6.07) is 1.72. The number of hydrazine groups is 1. The number of nitrogen functional groups attached to an aromatic ring is 1. The average molecular weight is 267 g/mol. The van der Waals surface area contributed by atoms with Crippen LogP contribution in [0, 0.1) is 0 Å². The number of hydrogen-bond donors (Lipinski definition) is 2. The topological polar surface area (TPSA) is 76.3 Å². The molecule has 0 aromatic carbocycles. The molecule has 0 saturated heterocycles. The molecule has 0 fully saturated rings. The average Bonchev–Trinajstić information content (AvgIpc) is 2.43. The maximum Gasteiger partial charge on any atom is 0.218 e. The molecule has 0 spiro atoms. The Morgan fingerprint density at radius 3 is 2.53 bits per heavy atom. The van der Waals surface area contributed by atoms with Gasteiger partial charge in [-0.05, 0) is 13.1 Å². The van der Waals surface area contributed by atoms with Gasteiger partial charge in [-0.3, -0.25) is 0 Å². The van der Waals surface area contributed by atoms with Gasteiger partial charge in [0.05, 0.1) is 0 Å². The van der Waals surface area contributed by atoms with Crippen molar-refractivity contribution >= 4 is 5.82 Å². The fourth-order valence-electron chi connectivity index (χ4n) is 1.67. The van der Waals surface area contributed by atoms with Crippen molar-refractivity contribution < 1.29 is 4.74 Å². The lowest BCUT2D eigenvalue weighted by Crippen LogP contribution is -2.28. The minimum atomic E-state index is 0.235.